The number of hydrogen-bond acceptors (Lipinski definition) is 8. The third-order valence-corrected chi connectivity index (χ3v) is 5.23. The lowest BCUT2D eigenvalue weighted by atomic mass is 10.3. The van der Waals surface area contributed by atoms with Gasteiger partial charge in [-0.3, -0.25) is 4.90 Å². The van der Waals surface area contributed by atoms with Gasteiger partial charge >= 0.3 is 0 Å². The maximum absolute atomic E-state index is 5.87. The molecule has 3 rings (SSSR count). The van der Waals surface area contributed by atoms with Crippen molar-refractivity contribution < 1.29 is 28.4 Å². The fraction of sp³-hybridized carbons (Fsp3) is 0.571. The van der Waals surface area contributed by atoms with Crippen molar-refractivity contribution in [3.63, 3.8) is 0 Å². The zero-order valence-electron chi connectivity index (χ0n) is 22.4. The minimum Gasteiger partial charge on any atom is -0.492 e. The molecule has 0 unspecified atom stereocenters. The predicted molar refractivity (Wildman–Crippen MR) is 143 cm³/mol. The Kier molecular flexibility index (Phi) is 15.4. The van der Waals surface area contributed by atoms with E-state index in [0.29, 0.717) is 26.4 Å². The molecule has 2 aromatic rings. The van der Waals surface area contributed by atoms with E-state index in [2.05, 4.69) is 9.80 Å². The van der Waals surface area contributed by atoms with E-state index in [-0.39, 0.29) is 0 Å². The molecule has 0 atom stereocenters. The van der Waals surface area contributed by atoms with Crippen LogP contribution in [0.3, 0.4) is 0 Å². The molecule has 0 saturated carbocycles. The summed E-state index contributed by atoms with van der Waals surface area (Å²) in [6.07, 6.45) is 0. The number of morpholine rings is 1. The summed E-state index contributed by atoms with van der Waals surface area (Å²) < 4.78 is 33.4. The normalized spacial score (nSPS) is 13.6. The van der Waals surface area contributed by atoms with Crippen LogP contribution in [0, 0.1) is 0 Å². The van der Waals surface area contributed by atoms with Crippen LogP contribution < -0.4 is 18.9 Å². The van der Waals surface area contributed by atoms with E-state index in [4.69, 9.17) is 28.4 Å². The van der Waals surface area contributed by atoms with Gasteiger partial charge in [-0.15, -0.1) is 0 Å². The Morgan fingerprint density at radius 2 is 1.19 bits per heavy atom. The van der Waals surface area contributed by atoms with Gasteiger partial charge in [0.05, 0.1) is 13.2 Å². The highest BCUT2D eigenvalue weighted by Gasteiger charge is 2.10. The van der Waals surface area contributed by atoms with Crippen molar-refractivity contribution in [1.29, 1.82) is 0 Å². The van der Waals surface area contributed by atoms with Gasteiger partial charge in [-0.2, -0.15) is 0 Å². The monoisotopic (exact) mass is 504 g/mol. The first-order valence-electron chi connectivity index (χ1n) is 12.8. The van der Waals surface area contributed by atoms with Crippen molar-refractivity contribution in [2.45, 2.75) is 13.8 Å². The van der Waals surface area contributed by atoms with E-state index in [1.54, 1.807) is 0 Å². The minimum atomic E-state index is 0.447. The van der Waals surface area contributed by atoms with Crippen molar-refractivity contribution in [1.82, 2.24) is 9.80 Å². The number of ether oxygens (including phenoxy) is 6. The summed E-state index contributed by atoms with van der Waals surface area (Å²) in [4.78, 5) is 4.44. The van der Waals surface area contributed by atoms with E-state index < -0.39 is 0 Å². The highest BCUT2D eigenvalue weighted by molar-refractivity contribution is 5.34. The largest absolute Gasteiger partial charge is 0.492 e. The van der Waals surface area contributed by atoms with Crippen molar-refractivity contribution in [3.8, 4) is 23.0 Å². The van der Waals surface area contributed by atoms with Gasteiger partial charge in [-0.05, 0) is 52.2 Å². The molecule has 1 saturated heterocycles. The molecule has 2 aromatic carbocycles. The molecular formula is C28H44N2O6. The second-order valence-corrected chi connectivity index (χ2v) is 8.38. The van der Waals surface area contributed by atoms with Crippen molar-refractivity contribution >= 4 is 0 Å². The summed E-state index contributed by atoms with van der Waals surface area (Å²) in [5.74, 6) is 3.16. The average Bonchev–Trinajstić information content (AvgIpc) is 2.89. The molecule has 8 heteroatoms. The van der Waals surface area contributed by atoms with Gasteiger partial charge in [0, 0.05) is 51.5 Å². The molecule has 0 aliphatic carbocycles. The molecule has 0 radical (unpaired) electrons. The second kappa shape index (κ2) is 18.7. The molecule has 36 heavy (non-hydrogen) atoms. The third kappa shape index (κ3) is 13.5. The van der Waals surface area contributed by atoms with Gasteiger partial charge < -0.3 is 33.3 Å². The summed E-state index contributed by atoms with van der Waals surface area (Å²) >= 11 is 0. The lowest BCUT2D eigenvalue weighted by Crippen LogP contribution is -2.38. The summed E-state index contributed by atoms with van der Waals surface area (Å²) in [6, 6.07) is 15.4. The number of nitrogens with zero attached hydrogens (tertiary/aromatic N) is 2. The van der Waals surface area contributed by atoms with Crippen LogP contribution in [0.2, 0.25) is 0 Å². The average molecular weight is 505 g/mol. The lowest BCUT2D eigenvalue weighted by molar-refractivity contribution is 0.0322. The van der Waals surface area contributed by atoms with Crippen molar-refractivity contribution in [2.75, 3.05) is 93.1 Å². The molecule has 8 nitrogen and oxygen atoms in total. The van der Waals surface area contributed by atoms with E-state index in [9.17, 15) is 0 Å². The standard InChI is InChI=1S/C24H34N2O5.C4H10O/c1-25(2)9-15-28-21-5-3-7-23(19-21)30-17-18-31-24-8-4-6-22(20-24)29-16-12-26-10-13-27-14-11-26;1-3-5-4-2/h3-8,19-20H,9-18H2,1-2H3;3-4H2,1-2H3. The van der Waals surface area contributed by atoms with Crippen molar-refractivity contribution in [2.24, 2.45) is 0 Å². The molecule has 1 aliphatic rings. The topological polar surface area (TPSA) is 61.9 Å². The van der Waals surface area contributed by atoms with Gasteiger partial charge in [-0.25, -0.2) is 0 Å². The van der Waals surface area contributed by atoms with Gasteiger partial charge in [0.15, 0.2) is 0 Å². The molecule has 0 N–H and O–H groups in total. The molecule has 0 spiro atoms. The van der Waals surface area contributed by atoms with E-state index in [1.165, 1.54) is 0 Å². The minimum absolute atomic E-state index is 0.447. The molecular weight excluding hydrogens is 460 g/mol. The van der Waals surface area contributed by atoms with E-state index in [0.717, 1.165) is 75.6 Å². The van der Waals surface area contributed by atoms with E-state index in [1.807, 2.05) is 76.5 Å². The number of likely N-dealkylation sites (N-methyl/N-ethyl adjacent to an activating group) is 1. The summed E-state index contributed by atoms with van der Waals surface area (Å²) in [7, 11) is 4.05. The molecule has 0 amide bonds. The Morgan fingerprint density at radius 1 is 0.722 bits per heavy atom. The third-order valence-electron chi connectivity index (χ3n) is 5.23. The van der Waals surface area contributed by atoms with Gasteiger partial charge in [0.2, 0.25) is 0 Å². The first-order chi connectivity index (χ1) is 17.6. The van der Waals surface area contributed by atoms with Crippen molar-refractivity contribution in [3.05, 3.63) is 48.5 Å². The molecule has 1 aliphatic heterocycles. The molecule has 0 bridgehead atoms. The van der Waals surface area contributed by atoms with Crippen LogP contribution in [0.5, 0.6) is 23.0 Å². The fourth-order valence-corrected chi connectivity index (χ4v) is 3.29. The van der Waals surface area contributed by atoms with Crippen LogP contribution in [0.1, 0.15) is 13.8 Å². The fourth-order valence-electron chi connectivity index (χ4n) is 3.29. The highest BCUT2D eigenvalue weighted by atomic mass is 16.5. The smallest absolute Gasteiger partial charge is 0.123 e. The SMILES string of the molecule is CCOCC.CN(C)CCOc1cccc(OCCOc2cccc(OCCN3CCOCC3)c2)c1. The highest BCUT2D eigenvalue weighted by Crippen LogP contribution is 2.21. The van der Waals surface area contributed by atoms with E-state index >= 15 is 0 Å². The molecule has 1 fully saturated rings. The number of rotatable bonds is 15. The predicted octanol–water partition coefficient (Wildman–Crippen LogP) is 3.84. The van der Waals surface area contributed by atoms with Crippen LogP contribution in [-0.4, -0.2) is 103 Å². The molecule has 202 valence electrons. The Balaban J connectivity index is 0.000000830. The Bertz CT molecular complexity index is 812. The summed E-state index contributed by atoms with van der Waals surface area (Å²) in [6.45, 7) is 13.2. The zero-order valence-corrected chi connectivity index (χ0v) is 22.4. The first-order valence-corrected chi connectivity index (χ1v) is 12.8. The van der Waals surface area contributed by atoms with Gasteiger partial charge in [-0.1, -0.05) is 12.1 Å². The van der Waals surface area contributed by atoms with Gasteiger partial charge in [0.25, 0.3) is 0 Å². The zero-order chi connectivity index (χ0) is 25.8. The van der Waals surface area contributed by atoms with Crippen LogP contribution in [0.15, 0.2) is 48.5 Å². The first kappa shape index (κ1) is 29.7. The quantitative estimate of drug-likeness (QED) is 0.339. The lowest BCUT2D eigenvalue weighted by Gasteiger charge is -2.26. The molecule has 0 aromatic heterocycles. The summed E-state index contributed by atoms with van der Waals surface area (Å²) in [5, 5.41) is 0. The maximum Gasteiger partial charge on any atom is 0.123 e. The Hall–Kier alpha value is -2.52. The summed E-state index contributed by atoms with van der Waals surface area (Å²) in [5.41, 5.74) is 0. The number of benzene rings is 2. The number of hydrogen-bond donors (Lipinski definition) is 0. The second-order valence-electron chi connectivity index (χ2n) is 8.38. The van der Waals surface area contributed by atoms with Crippen LogP contribution in [-0.2, 0) is 9.47 Å². The van der Waals surface area contributed by atoms with Crippen LogP contribution in [0.4, 0.5) is 0 Å². The van der Waals surface area contributed by atoms with Crippen LogP contribution in [0.25, 0.3) is 0 Å². The Labute approximate surface area is 217 Å². The van der Waals surface area contributed by atoms with Gasteiger partial charge in [0.1, 0.15) is 49.4 Å². The molecule has 1 heterocycles. The Morgan fingerprint density at radius 3 is 1.64 bits per heavy atom. The van der Waals surface area contributed by atoms with Crippen LogP contribution >= 0.6 is 0 Å². The maximum atomic E-state index is 5.87.